The Morgan fingerprint density at radius 3 is 1.09 bits per heavy atom. The fourth-order valence-electron chi connectivity index (χ4n) is 6.86. The molecule has 0 spiro atoms. The van der Waals surface area contributed by atoms with Crippen molar-refractivity contribution in [2.24, 2.45) is 5.10 Å². The normalized spacial score (nSPS) is 18.0. The van der Waals surface area contributed by atoms with E-state index in [1.165, 1.54) is 64.7 Å². The van der Waals surface area contributed by atoms with E-state index in [1.54, 1.807) is 0 Å². The van der Waals surface area contributed by atoms with Gasteiger partial charge in [-0.3, -0.25) is 0 Å². The molecule has 3 aromatic carbocycles. The standard InChI is InChI=1S/C31H39N3.2C10H15.U/c1-29(2,3)24-19-25(30(4,5)6)27(32)26(20-24)31(7,8)21-33-34-28(22-15-11-9-12-16-22)23-17-13-10-14-18-23;2*1-6-7(2)9(4)10(5)8(6)3;/h9-20,32H,21H2,1-8H3;2*1-5H3;/q-2;;;+4. The molecule has 290 valence electrons. The van der Waals surface area contributed by atoms with E-state index in [4.69, 9.17) is 16.3 Å². The van der Waals surface area contributed by atoms with Gasteiger partial charge in [0.15, 0.2) is 0 Å². The summed E-state index contributed by atoms with van der Waals surface area (Å²) in [5, 5.41) is 4.73. The van der Waals surface area contributed by atoms with Crippen molar-refractivity contribution in [3.63, 3.8) is 0 Å². The molecule has 4 heteroatoms. The van der Waals surface area contributed by atoms with E-state index in [9.17, 15) is 0 Å². The van der Waals surface area contributed by atoms with Crippen LogP contribution in [0.25, 0.3) is 11.2 Å². The summed E-state index contributed by atoms with van der Waals surface area (Å²) in [4.78, 5) is 0. The number of nitrogens with zero attached hydrogens (tertiary/aromatic N) is 2. The zero-order valence-electron chi connectivity index (χ0n) is 37.5. The van der Waals surface area contributed by atoms with E-state index in [1.807, 2.05) is 36.4 Å². The molecule has 0 saturated heterocycles. The van der Waals surface area contributed by atoms with Gasteiger partial charge in [0.05, 0.1) is 5.71 Å². The van der Waals surface area contributed by atoms with Crippen molar-refractivity contribution in [1.82, 2.24) is 0 Å². The van der Waals surface area contributed by atoms with Crippen LogP contribution in [0.4, 0.5) is 5.69 Å². The quantitative estimate of drug-likeness (QED) is 0.175. The van der Waals surface area contributed by atoms with Gasteiger partial charge in [-0.2, -0.15) is 0 Å². The van der Waals surface area contributed by atoms with E-state index in [0.29, 0.717) is 12.2 Å². The monoisotopic (exact) mass is 962 g/mol. The Morgan fingerprint density at radius 1 is 0.491 bits per heavy atom. The van der Waals surface area contributed by atoms with E-state index < -0.39 is 0 Å². The molecule has 0 aliphatic heterocycles. The fourth-order valence-corrected chi connectivity index (χ4v) is 6.86. The molecular formula is C51H69N3U+2. The molecular weight excluding hydrogens is 893 g/mol. The molecule has 2 aliphatic rings. The summed E-state index contributed by atoms with van der Waals surface area (Å²) in [6, 6.07) is 24.8. The molecule has 0 heterocycles. The number of hydrogen-bond donors (Lipinski definition) is 0. The first-order valence-electron chi connectivity index (χ1n) is 19.6. The van der Waals surface area contributed by atoms with Gasteiger partial charge in [0.25, 0.3) is 0 Å². The Bertz CT molecular complexity index is 1470. The summed E-state index contributed by atoms with van der Waals surface area (Å²) in [5.74, 6) is 14.7. The third-order valence-electron chi connectivity index (χ3n) is 11.9. The average molecular weight is 962 g/mol. The number of nitrogens with one attached hydrogen (secondary N) is 1. The maximum Gasteiger partial charge on any atom is 4.00 e. The molecule has 2 saturated carbocycles. The van der Waals surface area contributed by atoms with E-state index in [0.717, 1.165) is 28.0 Å². The number of benzene rings is 3. The van der Waals surface area contributed by atoms with Crippen molar-refractivity contribution >= 4 is 11.4 Å². The van der Waals surface area contributed by atoms with Crippen molar-refractivity contribution in [2.75, 3.05) is 6.54 Å². The van der Waals surface area contributed by atoms with Crippen LogP contribution in [0.3, 0.4) is 0 Å². The predicted octanol–water partition coefficient (Wildman–Crippen LogP) is 15.0. The molecule has 10 radical (unpaired) electrons. The van der Waals surface area contributed by atoms with Crippen molar-refractivity contribution in [2.45, 2.75) is 141 Å². The maximum absolute atomic E-state index is 9.07. The van der Waals surface area contributed by atoms with E-state index in [-0.39, 0.29) is 47.4 Å². The molecule has 0 unspecified atom stereocenters. The summed E-state index contributed by atoms with van der Waals surface area (Å²) in [6.07, 6.45) is 0. The first kappa shape index (κ1) is 49.1. The maximum atomic E-state index is 9.07. The molecule has 2 fully saturated rings. The van der Waals surface area contributed by atoms with Crippen LogP contribution in [0, 0.1) is 90.3 Å². The molecule has 0 bridgehead atoms. The smallest absolute Gasteiger partial charge is 0.698 e. The van der Waals surface area contributed by atoms with Gasteiger partial charge in [0, 0.05) is 0 Å². The summed E-state index contributed by atoms with van der Waals surface area (Å²) < 4.78 is 0. The summed E-state index contributed by atoms with van der Waals surface area (Å²) in [5.41, 5.74) is 20.3. The third-order valence-corrected chi connectivity index (χ3v) is 11.9. The Hall–Kier alpha value is -2.02. The second kappa shape index (κ2) is 20.1. The molecule has 0 atom stereocenters. The van der Waals surface area contributed by atoms with Gasteiger partial charge >= 0.3 is 31.1 Å². The van der Waals surface area contributed by atoms with Crippen LogP contribution in [0.15, 0.2) is 77.9 Å². The second-order valence-electron chi connectivity index (χ2n) is 18.1. The van der Waals surface area contributed by atoms with Crippen LogP contribution in [0.5, 0.6) is 0 Å². The molecule has 0 aromatic heterocycles. The molecule has 55 heavy (non-hydrogen) atoms. The molecule has 3 aromatic rings. The number of rotatable bonds is 6. The Morgan fingerprint density at radius 2 is 0.800 bits per heavy atom. The Labute approximate surface area is 363 Å². The molecule has 2 aliphatic carbocycles. The molecule has 0 amide bonds. The predicted molar refractivity (Wildman–Crippen MR) is 237 cm³/mol. The zero-order valence-corrected chi connectivity index (χ0v) is 41.7. The first-order chi connectivity index (χ1) is 24.9. The van der Waals surface area contributed by atoms with Crippen LogP contribution in [-0.4, -0.2) is 12.3 Å². The van der Waals surface area contributed by atoms with Crippen LogP contribution < -0.4 is 0 Å². The second-order valence-corrected chi connectivity index (χ2v) is 18.1. The summed E-state index contributed by atoms with van der Waals surface area (Å²) in [6.45, 7) is 40.1. The Balaban J connectivity index is 0.000000403. The fraction of sp³-hybridized carbons (Fsp3) is 0.431. The first-order valence-corrected chi connectivity index (χ1v) is 19.6. The zero-order chi connectivity index (χ0) is 40.9. The van der Waals surface area contributed by atoms with Crippen LogP contribution in [0.2, 0.25) is 0 Å². The third kappa shape index (κ3) is 12.2. The topological polar surface area (TPSA) is 50.3 Å². The van der Waals surface area contributed by atoms with Crippen molar-refractivity contribution in [1.29, 1.82) is 0 Å². The van der Waals surface area contributed by atoms with Gasteiger partial charge < -0.3 is 16.3 Å². The van der Waals surface area contributed by atoms with Gasteiger partial charge in [-0.15, -0.1) is 12.2 Å². The van der Waals surface area contributed by atoms with Crippen molar-refractivity contribution < 1.29 is 31.1 Å². The Kier molecular flexibility index (Phi) is 18.0. The molecule has 3 nitrogen and oxygen atoms in total. The van der Waals surface area contributed by atoms with Gasteiger partial charge in [0.1, 0.15) is 0 Å². The molecule has 1 N–H and O–H groups in total. The van der Waals surface area contributed by atoms with Crippen LogP contribution in [-0.2, 0) is 16.2 Å². The summed E-state index contributed by atoms with van der Waals surface area (Å²) in [7, 11) is 0. The van der Waals surface area contributed by atoms with E-state index >= 15 is 0 Å². The SMILES string of the molecule is CC(C)(C)c1cc(C(C)(C)C)c([NH-])c(C(C)(C)C[N-]N=C(c2ccccc2)c2ccccc2)c1.C[C]1[C](C)[C](C)[C](C)[C]1C.C[C]1[C](C)[C](C)[C](C)[C]1C.[U+4]. The van der Waals surface area contributed by atoms with Gasteiger partial charge in [0.2, 0.25) is 0 Å². The van der Waals surface area contributed by atoms with Gasteiger partial charge in [-0.05, 0) is 92.1 Å². The minimum atomic E-state index is -0.333. The van der Waals surface area contributed by atoms with E-state index in [2.05, 4.69) is 161 Å². The largest absolute Gasteiger partial charge is 4.00 e. The van der Waals surface area contributed by atoms with Crippen LogP contribution >= 0.6 is 0 Å². The minimum absolute atomic E-state index is 0. The summed E-state index contributed by atoms with van der Waals surface area (Å²) >= 11 is 0. The molecule has 5 rings (SSSR count). The van der Waals surface area contributed by atoms with Gasteiger partial charge in [-0.25, -0.2) is 0 Å². The van der Waals surface area contributed by atoms with Crippen molar-refractivity contribution in [3.8, 4) is 0 Å². The van der Waals surface area contributed by atoms with Crippen molar-refractivity contribution in [3.05, 3.63) is 171 Å². The average Bonchev–Trinajstić information content (AvgIpc) is 3.39. The van der Waals surface area contributed by atoms with Crippen LogP contribution in [0.1, 0.15) is 152 Å². The minimum Gasteiger partial charge on any atom is -0.698 e. The van der Waals surface area contributed by atoms with Gasteiger partial charge in [-0.1, -0.05) is 209 Å². The number of hydrogen-bond acceptors (Lipinski definition) is 1.